The molecule has 0 aromatic heterocycles. The lowest BCUT2D eigenvalue weighted by molar-refractivity contribution is -0.115. The smallest absolute Gasteiger partial charge is 0.228 e. The molecule has 0 radical (unpaired) electrons. The first kappa shape index (κ1) is 16.8. The van der Waals surface area contributed by atoms with Gasteiger partial charge < -0.3 is 5.32 Å². The van der Waals surface area contributed by atoms with Gasteiger partial charge in [0.15, 0.2) is 9.84 Å². The van der Waals surface area contributed by atoms with E-state index in [1.165, 1.54) is 12.1 Å². The normalized spacial score (nSPS) is 11.2. The third-order valence-corrected chi connectivity index (χ3v) is 4.43. The summed E-state index contributed by atoms with van der Waals surface area (Å²) >= 11 is 11.7. The van der Waals surface area contributed by atoms with Gasteiger partial charge >= 0.3 is 0 Å². The Bertz CT molecular complexity index is 782. The Labute approximate surface area is 139 Å². The minimum Gasteiger partial charge on any atom is -0.326 e. The zero-order chi connectivity index (χ0) is 16.3. The van der Waals surface area contributed by atoms with E-state index >= 15 is 0 Å². The van der Waals surface area contributed by atoms with Crippen LogP contribution in [-0.4, -0.2) is 20.6 Å². The molecule has 1 N–H and O–H groups in total. The number of halogens is 2. The van der Waals surface area contributed by atoms with Crippen LogP contribution in [0.3, 0.4) is 0 Å². The number of amides is 1. The quantitative estimate of drug-likeness (QED) is 0.909. The van der Waals surface area contributed by atoms with Crippen molar-refractivity contribution < 1.29 is 13.2 Å². The third kappa shape index (κ3) is 4.73. The molecule has 0 bridgehead atoms. The lowest BCUT2D eigenvalue weighted by Crippen LogP contribution is -2.14. The second-order valence-corrected chi connectivity index (χ2v) is 7.69. The summed E-state index contributed by atoms with van der Waals surface area (Å²) < 4.78 is 22.7. The number of hydrogen-bond donors (Lipinski definition) is 1. The van der Waals surface area contributed by atoms with Gasteiger partial charge in [0.05, 0.1) is 11.3 Å². The molecule has 116 valence electrons. The minimum atomic E-state index is -3.24. The van der Waals surface area contributed by atoms with E-state index in [4.69, 9.17) is 23.2 Å². The van der Waals surface area contributed by atoms with Gasteiger partial charge in [0.1, 0.15) is 0 Å². The molecule has 22 heavy (non-hydrogen) atoms. The first-order valence-corrected chi connectivity index (χ1v) is 8.94. The zero-order valence-electron chi connectivity index (χ0n) is 11.6. The van der Waals surface area contributed by atoms with Crippen LogP contribution >= 0.6 is 23.2 Å². The molecule has 0 saturated heterocycles. The predicted octanol–water partition coefficient (Wildman–Crippen LogP) is 3.58. The monoisotopic (exact) mass is 357 g/mol. The number of hydrogen-bond acceptors (Lipinski definition) is 3. The van der Waals surface area contributed by atoms with Crippen LogP contribution in [0.15, 0.2) is 47.4 Å². The fourth-order valence-corrected chi connectivity index (χ4v) is 3.03. The molecule has 0 spiro atoms. The second kappa shape index (κ2) is 6.69. The van der Waals surface area contributed by atoms with Crippen molar-refractivity contribution in [2.75, 3.05) is 11.6 Å². The number of benzene rings is 2. The van der Waals surface area contributed by atoms with Crippen molar-refractivity contribution in [3.8, 4) is 0 Å². The van der Waals surface area contributed by atoms with Gasteiger partial charge in [0.2, 0.25) is 5.91 Å². The highest BCUT2D eigenvalue weighted by atomic mass is 35.5. The van der Waals surface area contributed by atoms with Gasteiger partial charge in [0, 0.05) is 22.0 Å². The first-order valence-electron chi connectivity index (χ1n) is 6.29. The van der Waals surface area contributed by atoms with Crippen molar-refractivity contribution in [2.45, 2.75) is 11.3 Å². The Morgan fingerprint density at radius 2 is 1.59 bits per heavy atom. The Kier molecular flexibility index (Phi) is 5.11. The van der Waals surface area contributed by atoms with E-state index in [0.29, 0.717) is 21.3 Å². The van der Waals surface area contributed by atoms with Gasteiger partial charge in [-0.3, -0.25) is 4.79 Å². The number of carbonyl (C=O) groups excluding carboxylic acids is 1. The number of carbonyl (C=O) groups is 1. The molecule has 0 atom stereocenters. The SMILES string of the molecule is CS(=O)(=O)c1ccc(CC(=O)Nc2cc(Cl)cc(Cl)c2)cc1. The third-order valence-electron chi connectivity index (χ3n) is 2.86. The summed E-state index contributed by atoms with van der Waals surface area (Å²) in [6.07, 6.45) is 1.26. The lowest BCUT2D eigenvalue weighted by Gasteiger charge is -2.07. The Morgan fingerprint density at radius 3 is 2.09 bits per heavy atom. The highest BCUT2D eigenvalue weighted by Crippen LogP contribution is 2.22. The van der Waals surface area contributed by atoms with Crippen molar-refractivity contribution in [1.29, 1.82) is 0 Å². The fourth-order valence-electron chi connectivity index (χ4n) is 1.87. The molecular formula is C15H13Cl2NO3S. The van der Waals surface area contributed by atoms with E-state index in [1.807, 2.05) is 0 Å². The van der Waals surface area contributed by atoms with E-state index < -0.39 is 9.84 Å². The molecule has 7 heteroatoms. The largest absolute Gasteiger partial charge is 0.326 e. The molecule has 0 heterocycles. The fraction of sp³-hybridized carbons (Fsp3) is 0.133. The molecule has 0 saturated carbocycles. The van der Waals surface area contributed by atoms with Gasteiger partial charge in [-0.15, -0.1) is 0 Å². The van der Waals surface area contributed by atoms with Crippen molar-refractivity contribution >= 4 is 44.6 Å². The summed E-state index contributed by atoms with van der Waals surface area (Å²) in [6.45, 7) is 0. The number of nitrogens with one attached hydrogen (secondary N) is 1. The van der Waals surface area contributed by atoms with Crippen LogP contribution in [0.2, 0.25) is 10.0 Å². The van der Waals surface area contributed by atoms with Gasteiger partial charge in [-0.1, -0.05) is 35.3 Å². The summed E-state index contributed by atoms with van der Waals surface area (Å²) in [4.78, 5) is 12.2. The van der Waals surface area contributed by atoms with Crippen LogP contribution < -0.4 is 5.32 Å². The first-order chi connectivity index (χ1) is 10.2. The Morgan fingerprint density at radius 1 is 1.05 bits per heavy atom. The molecule has 2 aromatic rings. The van der Waals surface area contributed by atoms with E-state index in [2.05, 4.69) is 5.32 Å². The van der Waals surface area contributed by atoms with Crippen LogP contribution in [0.25, 0.3) is 0 Å². The van der Waals surface area contributed by atoms with Crippen molar-refractivity contribution in [3.05, 3.63) is 58.1 Å². The summed E-state index contributed by atoms with van der Waals surface area (Å²) in [5.41, 5.74) is 1.22. The molecule has 1 amide bonds. The van der Waals surface area contributed by atoms with Gasteiger partial charge in [-0.05, 0) is 35.9 Å². The molecule has 0 fully saturated rings. The van der Waals surface area contributed by atoms with Gasteiger partial charge in [-0.2, -0.15) is 0 Å². The van der Waals surface area contributed by atoms with E-state index in [1.54, 1.807) is 30.3 Å². The topological polar surface area (TPSA) is 63.2 Å². The second-order valence-electron chi connectivity index (χ2n) is 4.80. The van der Waals surface area contributed by atoms with Crippen LogP contribution in [0.4, 0.5) is 5.69 Å². The molecule has 0 aliphatic rings. The summed E-state index contributed by atoms with van der Waals surface area (Å²) in [5.74, 6) is -0.245. The molecule has 2 rings (SSSR count). The Balaban J connectivity index is 2.06. The highest BCUT2D eigenvalue weighted by Gasteiger charge is 2.09. The van der Waals surface area contributed by atoms with Crippen LogP contribution in [0.1, 0.15) is 5.56 Å². The van der Waals surface area contributed by atoms with E-state index in [9.17, 15) is 13.2 Å². The Hall–Kier alpha value is -1.56. The van der Waals surface area contributed by atoms with E-state index in [0.717, 1.165) is 6.26 Å². The average molecular weight is 358 g/mol. The van der Waals surface area contributed by atoms with Gasteiger partial charge in [-0.25, -0.2) is 8.42 Å². The van der Waals surface area contributed by atoms with Crippen LogP contribution in [0, 0.1) is 0 Å². The van der Waals surface area contributed by atoms with Crippen molar-refractivity contribution in [2.24, 2.45) is 0 Å². The lowest BCUT2D eigenvalue weighted by atomic mass is 10.1. The molecule has 2 aromatic carbocycles. The zero-order valence-corrected chi connectivity index (χ0v) is 14.0. The maximum absolute atomic E-state index is 12.0. The summed E-state index contributed by atoms with van der Waals surface area (Å²) in [7, 11) is -3.24. The summed E-state index contributed by atoms with van der Waals surface area (Å²) in [5, 5.41) is 3.55. The maximum atomic E-state index is 12.0. The number of anilines is 1. The van der Waals surface area contributed by atoms with Crippen LogP contribution in [-0.2, 0) is 21.1 Å². The van der Waals surface area contributed by atoms with Gasteiger partial charge in [0.25, 0.3) is 0 Å². The molecular weight excluding hydrogens is 345 g/mol. The number of rotatable bonds is 4. The average Bonchev–Trinajstić information content (AvgIpc) is 2.36. The van der Waals surface area contributed by atoms with Crippen molar-refractivity contribution in [1.82, 2.24) is 0 Å². The molecule has 0 aliphatic heterocycles. The van der Waals surface area contributed by atoms with Crippen molar-refractivity contribution in [3.63, 3.8) is 0 Å². The van der Waals surface area contributed by atoms with E-state index in [-0.39, 0.29) is 17.2 Å². The molecule has 0 aliphatic carbocycles. The molecule has 0 unspecified atom stereocenters. The van der Waals surface area contributed by atoms with Crippen LogP contribution in [0.5, 0.6) is 0 Å². The molecule has 4 nitrogen and oxygen atoms in total. The maximum Gasteiger partial charge on any atom is 0.228 e. The highest BCUT2D eigenvalue weighted by molar-refractivity contribution is 7.90. The summed E-state index contributed by atoms with van der Waals surface area (Å²) in [6, 6.07) is 10.9. The minimum absolute atomic E-state index is 0.119. The predicted molar refractivity (Wildman–Crippen MR) is 88.3 cm³/mol. The number of sulfone groups is 1. The standard InChI is InChI=1S/C15H13Cl2NO3S/c1-22(20,21)14-4-2-10(3-5-14)6-15(19)18-13-8-11(16)7-12(17)9-13/h2-5,7-9H,6H2,1H3,(H,18,19).